The van der Waals surface area contributed by atoms with Crippen LogP contribution in [-0.2, 0) is 45.7 Å². The van der Waals surface area contributed by atoms with E-state index in [2.05, 4.69) is 138 Å². The molecule has 1 aliphatic heterocycles. The zero-order chi connectivity index (χ0) is 49.6. The van der Waals surface area contributed by atoms with Gasteiger partial charge in [0.2, 0.25) is 11.4 Å². The Morgan fingerprint density at radius 3 is 1.40 bits per heavy atom. The van der Waals surface area contributed by atoms with Crippen LogP contribution in [0.25, 0.3) is 16.9 Å². The maximum atomic E-state index is 11.7. The minimum Gasteiger partial charge on any atom is -0.493 e. The van der Waals surface area contributed by atoms with Crippen molar-refractivity contribution in [3.05, 3.63) is 186 Å². The normalized spacial score (nSPS) is 12.3. The zero-order valence-corrected chi connectivity index (χ0v) is 47.8. The van der Waals surface area contributed by atoms with Gasteiger partial charge in [0.05, 0.1) is 0 Å². The monoisotopic (exact) mass is 1050 g/mol. The number of unbranched alkanes of at least 4 members (excludes halogenated alkanes) is 21. The minimum atomic E-state index is -1.24. The Labute approximate surface area is 446 Å². The number of rotatable bonds is 33. The van der Waals surface area contributed by atoms with Crippen molar-refractivity contribution < 1.29 is 25.1 Å². The van der Waals surface area contributed by atoms with Crippen LogP contribution >= 0.6 is 0 Å². The average Bonchev–Trinajstić information content (AvgIpc) is 3.70. The van der Waals surface area contributed by atoms with E-state index in [9.17, 15) is 5.53 Å². The molecule has 5 rings (SSSR count). The molecule has 0 saturated carbocycles. The number of benzene rings is 4. The van der Waals surface area contributed by atoms with E-state index in [4.69, 9.17) is 0 Å². The quantitative estimate of drug-likeness (QED) is 0.0149. The van der Waals surface area contributed by atoms with Crippen molar-refractivity contribution in [3.8, 4) is 0 Å². The largest absolute Gasteiger partial charge is 2.00 e. The predicted molar refractivity (Wildman–Crippen MR) is 309 cm³/mol. The van der Waals surface area contributed by atoms with Crippen molar-refractivity contribution in [1.29, 1.82) is 0 Å². The Morgan fingerprint density at radius 2 is 0.929 bits per heavy atom. The smallest absolute Gasteiger partial charge is 0.493 e. The minimum absolute atomic E-state index is 0. The molecule has 0 bridgehead atoms. The number of aryl methyl sites for hydroxylation is 1. The van der Waals surface area contributed by atoms with Gasteiger partial charge in [-0.3, -0.25) is 0 Å². The van der Waals surface area contributed by atoms with Gasteiger partial charge in [0, 0.05) is 30.8 Å². The Balaban J connectivity index is 0.000000827. The van der Waals surface area contributed by atoms with E-state index in [0.717, 1.165) is 73.5 Å². The first-order valence-corrected chi connectivity index (χ1v) is 31.8. The molecule has 2 nitrogen and oxygen atoms in total. The molecule has 0 saturated heterocycles. The second kappa shape index (κ2) is 40.1. The van der Waals surface area contributed by atoms with Crippen molar-refractivity contribution in [2.45, 2.75) is 219 Å². The van der Waals surface area contributed by atoms with E-state index >= 15 is 0 Å². The fourth-order valence-corrected chi connectivity index (χ4v) is 10.8. The van der Waals surface area contributed by atoms with Gasteiger partial charge in [0.25, 0.3) is 0 Å². The summed E-state index contributed by atoms with van der Waals surface area (Å²) >= 11 is 0. The Kier molecular flexibility index (Phi) is 35.9. The summed E-state index contributed by atoms with van der Waals surface area (Å²) in [6.07, 6.45) is 44.0. The van der Waals surface area contributed by atoms with Gasteiger partial charge < -0.3 is 19.4 Å². The molecule has 0 spiro atoms. The molecule has 0 N–H and O–H groups in total. The van der Waals surface area contributed by atoms with Crippen molar-refractivity contribution >= 4 is 19.5 Å². The van der Waals surface area contributed by atoms with Gasteiger partial charge in [-0.15, -0.1) is 0 Å². The fraction of sp³-hybridized carbons (Fsp3) is 0.515. The van der Waals surface area contributed by atoms with Crippen molar-refractivity contribution in [1.82, 2.24) is 0 Å². The predicted octanol–water partition coefficient (Wildman–Crippen LogP) is 20.9. The summed E-state index contributed by atoms with van der Waals surface area (Å²) in [6, 6.07) is 39.2. The van der Waals surface area contributed by atoms with Crippen LogP contribution in [0.4, 0.5) is 0 Å². The molecular weight excluding hydrogens is 955 g/mol. The Bertz CT molecular complexity index is 1970. The summed E-state index contributed by atoms with van der Waals surface area (Å²) in [4.78, 5) is 0. The van der Waals surface area contributed by atoms with Gasteiger partial charge >= 0.3 is 20.4 Å². The van der Waals surface area contributed by atoms with Crippen LogP contribution in [0, 0.1) is 13.8 Å². The zero-order valence-electron chi connectivity index (χ0n) is 45.3. The molecule has 70 heavy (non-hydrogen) atoms. The second-order valence-electron chi connectivity index (χ2n) is 20.9. The van der Waals surface area contributed by atoms with Crippen LogP contribution in [-0.4, -0.2) is 12.8 Å². The molecule has 4 aromatic carbocycles. The summed E-state index contributed by atoms with van der Waals surface area (Å²) in [7, 11) is -1.24. The van der Waals surface area contributed by atoms with Crippen LogP contribution in [0.2, 0.25) is 19.6 Å². The van der Waals surface area contributed by atoms with Gasteiger partial charge in [0.15, 0.2) is 0 Å². The molecule has 0 atom stereocenters. The maximum absolute atomic E-state index is 11.7. The molecule has 0 aliphatic carbocycles. The first-order valence-electron chi connectivity index (χ1n) is 28.1. The molecule has 0 unspecified atom stereocenters. The third-order valence-electron chi connectivity index (χ3n) is 13.3. The summed E-state index contributed by atoms with van der Waals surface area (Å²) in [5, 5.41) is 0. The molecule has 4 heteroatoms. The van der Waals surface area contributed by atoms with Crippen LogP contribution in [0.15, 0.2) is 133 Å². The van der Waals surface area contributed by atoms with Gasteiger partial charge in [0.1, 0.15) is 0 Å². The summed E-state index contributed by atoms with van der Waals surface area (Å²) in [6.45, 7) is 19.3. The first-order chi connectivity index (χ1) is 33.7. The summed E-state index contributed by atoms with van der Waals surface area (Å²) < 4.78 is 1.49. The molecule has 1 heterocycles. The van der Waals surface area contributed by atoms with Gasteiger partial charge in [-0.2, -0.15) is 12.8 Å². The topological polar surface area (TPSA) is 25.3 Å². The van der Waals surface area contributed by atoms with Crippen LogP contribution in [0.5, 0.6) is 0 Å². The van der Waals surface area contributed by atoms with Crippen molar-refractivity contribution in [2.24, 2.45) is 0 Å². The molecule has 0 amide bonds. The first kappa shape index (κ1) is 62.7. The molecule has 0 fully saturated rings. The van der Waals surface area contributed by atoms with E-state index in [1.165, 1.54) is 167 Å². The van der Waals surface area contributed by atoms with Crippen molar-refractivity contribution in [3.63, 3.8) is 0 Å². The third-order valence-corrected chi connectivity index (χ3v) is 14.8. The number of nitrogens with zero attached hydrogens (tertiary/aromatic N) is 2. The fourth-order valence-electron chi connectivity index (χ4n) is 9.32. The number of hydrogen-bond donors (Lipinski definition) is 0. The van der Waals surface area contributed by atoms with E-state index in [-0.39, 0.29) is 20.4 Å². The Hall–Kier alpha value is -3.42. The van der Waals surface area contributed by atoms with Gasteiger partial charge in [-0.05, 0) is 73.9 Å². The van der Waals surface area contributed by atoms with Crippen LogP contribution in [0.1, 0.15) is 208 Å². The average molecular weight is 1050 g/mol. The standard InChI is InChI=1S/C50H80N2Si.2C8H9.Pd/c1-6-8-10-11-12-13-14-15-16-17-18-19-20-21-22-23-24-25-26-27-28-29-30-31-37-45-38-32-33-40-48(45)49-42-47(36-9-7-2)50(52(49)51)46-39-34-35-44(41-46)43-53(3,4)5;2*1-2-8-6-4-3-5-7-8;/h29-30,32-35,38-42H,6-28,31,36-37,43H2,1-5H3;2*3-7H,1-2H2;/q;2*-1;+2. The van der Waals surface area contributed by atoms with Crippen LogP contribution in [0.3, 0.4) is 0 Å². The van der Waals surface area contributed by atoms with E-state index < -0.39 is 8.07 Å². The van der Waals surface area contributed by atoms with Crippen molar-refractivity contribution in [2.75, 3.05) is 0 Å². The molecule has 4 aromatic rings. The molecule has 1 aliphatic rings. The van der Waals surface area contributed by atoms with E-state index in [1.54, 1.807) is 0 Å². The van der Waals surface area contributed by atoms with E-state index in [0.29, 0.717) is 0 Å². The third kappa shape index (κ3) is 28.0. The second-order valence-corrected chi connectivity index (χ2v) is 26.4. The maximum Gasteiger partial charge on any atom is 2.00 e. The molecular formula is C66H98N2PdSi. The molecule has 386 valence electrons. The van der Waals surface area contributed by atoms with Crippen LogP contribution < -0.4 is 0 Å². The molecule has 0 radical (unpaired) electrons. The summed E-state index contributed by atoms with van der Waals surface area (Å²) in [5.74, 6) is 0. The van der Waals surface area contributed by atoms with Gasteiger partial charge in [-0.25, -0.2) is 4.70 Å². The Morgan fingerprint density at radius 1 is 0.486 bits per heavy atom. The van der Waals surface area contributed by atoms with Gasteiger partial charge in [-0.1, -0.05) is 276 Å². The number of allylic oxidation sites excluding steroid dienone is 4. The number of hydrogen-bond acceptors (Lipinski definition) is 0. The summed E-state index contributed by atoms with van der Waals surface area (Å²) in [5.41, 5.74) is 22.4. The van der Waals surface area contributed by atoms with E-state index in [1.807, 2.05) is 36.4 Å². The molecule has 0 aromatic heterocycles. The SMILES string of the molecule is CCCCCCCCCCCCCCCCCCCCCCC=CCCc1ccccc1C1=CC(CCCC)=C(c2cccc(C[Si](C)(C)C)c2)[N+]1=[N-].[CH2-]Cc1ccccc1.[CH2-]Cc1ccccc1.[Pd+2].